The molecule has 98 valence electrons. The maximum absolute atomic E-state index is 9.43. The molecule has 0 aliphatic carbocycles. The molecule has 0 saturated carbocycles. The molecule has 0 atom stereocenters. The topological polar surface area (TPSA) is 35.5 Å². The van der Waals surface area contributed by atoms with E-state index < -0.39 is 0 Å². The zero-order valence-electron chi connectivity index (χ0n) is 11.6. The maximum atomic E-state index is 9.43. The Balaban J connectivity index is 3.78. The average molecular weight is 230 g/mol. The summed E-state index contributed by atoms with van der Waals surface area (Å²) in [6.45, 7) is 14.3. The molecular weight excluding hydrogens is 200 g/mol. The van der Waals surface area contributed by atoms with E-state index >= 15 is 0 Å². The van der Waals surface area contributed by atoms with Crippen molar-refractivity contribution in [2.75, 3.05) is 39.3 Å². The fraction of sp³-hybridized carbons (Fsp3) is 1.00. The Kier molecular flexibility index (Phi) is 8.90. The number of likely N-dealkylation sites (N-methyl/N-ethyl adjacent to an activating group) is 1. The van der Waals surface area contributed by atoms with Crippen LogP contribution in [0, 0.1) is 5.41 Å². The van der Waals surface area contributed by atoms with Gasteiger partial charge in [0.25, 0.3) is 0 Å². The Morgan fingerprint density at radius 2 is 1.62 bits per heavy atom. The number of hydrogen-bond acceptors (Lipinski definition) is 3. The zero-order chi connectivity index (χ0) is 12.4. The van der Waals surface area contributed by atoms with Crippen LogP contribution in [-0.4, -0.2) is 49.3 Å². The van der Waals surface area contributed by atoms with Gasteiger partial charge < -0.3 is 15.3 Å². The maximum Gasteiger partial charge on any atom is 0.0499 e. The SMILES string of the molecule is CCN(CC)CCNCC(CC)(CC)CO. The molecule has 0 aromatic rings. The van der Waals surface area contributed by atoms with Crippen LogP contribution in [-0.2, 0) is 0 Å². The first-order valence-corrected chi connectivity index (χ1v) is 6.71. The molecule has 0 heterocycles. The van der Waals surface area contributed by atoms with E-state index in [0.29, 0.717) is 0 Å². The number of hydrogen-bond donors (Lipinski definition) is 2. The number of nitrogens with zero attached hydrogens (tertiary/aromatic N) is 1. The highest BCUT2D eigenvalue weighted by Crippen LogP contribution is 2.24. The van der Waals surface area contributed by atoms with Gasteiger partial charge in [-0.05, 0) is 25.9 Å². The first kappa shape index (κ1) is 15.9. The minimum Gasteiger partial charge on any atom is -0.396 e. The lowest BCUT2D eigenvalue weighted by atomic mass is 9.83. The van der Waals surface area contributed by atoms with Crippen LogP contribution >= 0.6 is 0 Å². The third-order valence-electron chi connectivity index (χ3n) is 3.83. The van der Waals surface area contributed by atoms with Crippen LogP contribution in [0.5, 0.6) is 0 Å². The molecule has 0 aromatic heterocycles. The van der Waals surface area contributed by atoms with Crippen molar-refractivity contribution in [1.29, 1.82) is 0 Å². The monoisotopic (exact) mass is 230 g/mol. The van der Waals surface area contributed by atoms with Crippen LogP contribution in [0.25, 0.3) is 0 Å². The summed E-state index contributed by atoms with van der Waals surface area (Å²) in [6.07, 6.45) is 2.08. The normalized spacial score (nSPS) is 12.4. The molecule has 0 rings (SSSR count). The minimum atomic E-state index is 0.0866. The van der Waals surface area contributed by atoms with E-state index in [-0.39, 0.29) is 12.0 Å². The van der Waals surface area contributed by atoms with E-state index in [1.807, 2.05) is 0 Å². The van der Waals surface area contributed by atoms with Gasteiger partial charge in [0, 0.05) is 31.7 Å². The largest absolute Gasteiger partial charge is 0.396 e. The molecule has 0 aliphatic heterocycles. The van der Waals surface area contributed by atoms with Gasteiger partial charge >= 0.3 is 0 Å². The molecule has 0 spiro atoms. The minimum absolute atomic E-state index is 0.0866. The summed E-state index contributed by atoms with van der Waals surface area (Å²) in [7, 11) is 0. The summed E-state index contributed by atoms with van der Waals surface area (Å²) in [5.74, 6) is 0. The van der Waals surface area contributed by atoms with E-state index in [0.717, 1.165) is 45.6 Å². The van der Waals surface area contributed by atoms with Crippen molar-refractivity contribution in [3.05, 3.63) is 0 Å². The molecule has 0 fully saturated rings. The molecule has 0 radical (unpaired) electrons. The van der Waals surface area contributed by atoms with Crippen molar-refractivity contribution in [3.63, 3.8) is 0 Å². The molecule has 0 amide bonds. The van der Waals surface area contributed by atoms with Crippen LogP contribution in [0.2, 0.25) is 0 Å². The molecule has 0 aromatic carbocycles. The molecular formula is C13H30N2O. The molecule has 0 bridgehead atoms. The number of aliphatic hydroxyl groups is 1. The Hall–Kier alpha value is -0.120. The predicted molar refractivity (Wildman–Crippen MR) is 70.8 cm³/mol. The van der Waals surface area contributed by atoms with Crippen molar-refractivity contribution in [2.24, 2.45) is 5.41 Å². The van der Waals surface area contributed by atoms with Gasteiger partial charge in [-0.25, -0.2) is 0 Å². The van der Waals surface area contributed by atoms with Gasteiger partial charge in [0.15, 0.2) is 0 Å². The first-order valence-electron chi connectivity index (χ1n) is 6.71. The van der Waals surface area contributed by atoms with Gasteiger partial charge in [-0.1, -0.05) is 27.7 Å². The van der Waals surface area contributed by atoms with Crippen LogP contribution in [0.1, 0.15) is 40.5 Å². The third kappa shape index (κ3) is 5.28. The van der Waals surface area contributed by atoms with Gasteiger partial charge in [0.1, 0.15) is 0 Å². The zero-order valence-corrected chi connectivity index (χ0v) is 11.6. The van der Waals surface area contributed by atoms with E-state index in [4.69, 9.17) is 0 Å². The summed E-state index contributed by atoms with van der Waals surface area (Å²) in [6, 6.07) is 0. The Bertz CT molecular complexity index is 146. The lowest BCUT2D eigenvalue weighted by Gasteiger charge is -2.30. The Labute approximate surface area is 101 Å². The smallest absolute Gasteiger partial charge is 0.0499 e. The van der Waals surface area contributed by atoms with Gasteiger partial charge in [-0.3, -0.25) is 0 Å². The molecule has 16 heavy (non-hydrogen) atoms. The number of nitrogens with one attached hydrogen (secondary N) is 1. The Morgan fingerprint density at radius 3 is 2.00 bits per heavy atom. The lowest BCUT2D eigenvalue weighted by Crippen LogP contribution is -2.40. The van der Waals surface area contributed by atoms with Gasteiger partial charge in [0.2, 0.25) is 0 Å². The van der Waals surface area contributed by atoms with Crippen molar-refractivity contribution in [2.45, 2.75) is 40.5 Å². The summed E-state index contributed by atoms with van der Waals surface area (Å²) in [4.78, 5) is 2.41. The van der Waals surface area contributed by atoms with E-state index in [1.165, 1.54) is 0 Å². The molecule has 0 saturated heterocycles. The van der Waals surface area contributed by atoms with Crippen LogP contribution in [0.15, 0.2) is 0 Å². The second-order valence-corrected chi connectivity index (χ2v) is 4.57. The third-order valence-corrected chi connectivity index (χ3v) is 3.83. The van der Waals surface area contributed by atoms with Crippen LogP contribution in [0.3, 0.4) is 0 Å². The van der Waals surface area contributed by atoms with Crippen molar-refractivity contribution >= 4 is 0 Å². The summed E-state index contributed by atoms with van der Waals surface area (Å²) in [5.41, 5.74) is 0.0866. The van der Waals surface area contributed by atoms with Gasteiger partial charge in [-0.15, -0.1) is 0 Å². The Morgan fingerprint density at radius 1 is 1.06 bits per heavy atom. The summed E-state index contributed by atoms with van der Waals surface area (Å²) < 4.78 is 0. The van der Waals surface area contributed by atoms with Crippen molar-refractivity contribution in [1.82, 2.24) is 10.2 Å². The second-order valence-electron chi connectivity index (χ2n) is 4.57. The highest BCUT2D eigenvalue weighted by Gasteiger charge is 2.24. The second kappa shape index (κ2) is 8.97. The van der Waals surface area contributed by atoms with E-state index in [1.54, 1.807) is 0 Å². The average Bonchev–Trinajstić information content (AvgIpc) is 2.35. The summed E-state index contributed by atoms with van der Waals surface area (Å²) in [5, 5.41) is 12.9. The van der Waals surface area contributed by atoms with Crippen LogP contribution < -0.4 is 5.32 Å². The number of aliphatic hydroxyl groups excluding tert-OH is 1. The fourth-order valence-corrected chi connectivity index (χ4v) is 1.91. The fourth-order valence-electron chi connectivity index (χ4n) is 1.91. The van der Waals surface area contributed by atoms with Crippen molar-refractivity contribution in [3.8, 4) is 0 Å². The van der Waals surface area contributed by atoms with Crippen LogP contribution in [0.4, 0.5) is 0 Å². The highest BCUT2D eigenvalue weighted by molar-refractivity contribution is 4.78. The van der Waals surface area contributed by atoms with Crippen molar-refractivity contribution < 1.29 is 5.11 Å². The summed E-state index contributed by atoms with van der Waals surface area (Å²) >= 11 is 0. The first-order chi connectivity index (χ1) is 7.67. The van der Waals surface area contributed by atoms with E-state index in [9.17, 15) is 5.11 Å². The van der Waals surface area contributed by atoms with E-state index in [2.05, 4.69) is 37.9 Å². The quantitative estimate of drug-likeness (QED) is 0.561. The molecule has 3 nitrogen and oxygen atoms in total. The molecule has 2 N–H and O–H groups in total. The molecule has 0 unspecified atom stereocenters. The van der Waals surface area contributed by atoms with Gasteiger partial charge in [0.05, 0.1) is 0 Å². The molecule has 3 heteroatoms. The number of rotatable bonds is 10. The standard InChI is InChI=1S/C13H30N2O/c1-5-13(6-2,12-16)11-14-9-10-15(7-3)8-4/h14,16H,5-12H2,1-4H3. The van der Waals surface area contributed by atoms with Gasteiger partial charge in [-0.2, -0.15) is 0 Å². The lowest BCUT2D eigenvalue weighted by molar-refractivity contribution is 0.112. The highest BCUT2D eigenvalue weighted by atomic mass is 16.3. The molecule has 0 aliphatic rings. The predicted octanol–water partition coefficient (Wildman–Crippen LogP) is 1.72.